The molecule has 3 aromatic heterocycles. The number of nitrogens with zero attached hydrogens (tertiary/aromatic N) is 2. The van der Waals surface area contributed by atoms with Crippen LogP contribution in [-0.4, -0.2) is 28.0 Å². The first-order valence-electron chi connectivity index (χ1n) is 9.79. The molecule has 0 unspecified atom stereocenters. The normalized spacial score (nSPS) is 18.7. The zero-order valence-corrected chi connectivity index (χ0v) is 16.3. The summed E-state index contributed by atoms with van der Waals surface area (Å²) in [6, 6.07) is 6.28. The van der Waals surface area contributed by atoms with E-state index in [1.54, 1.807) is 36.9 Å². The quantitative estimate of drug-likeness (QED) is 0.489. The van der Waals surface area contributed by atoms with Gasteiger partial charge in [0.15, 0.2) is 11.6 Å². The number of nitrogens with one attached hydrogen (secondary N) is 2. The Morgan fingerprint density at radius 2 is 2.03 bits per heavy atom. The molecule has 3 heterocycles. The lowest BCUT2D eigenvalue weighted by Crippen LogP contribution is -2.43. The molecule has 0 aliphatic heterocycles. The van der Waals surface area contributed by atoms with Crippen LogP contribution in [0.4, 0.5) is 21.7 Å². The van der Waals surface area contributed by atoms with Crippen molar-refractivity contribution in [2.24, 2.45) is 11.5 Å². The SMILES string of the molecule is NC(=O)c1cc(F)c(N[C@@H]2CCCC[C@@H]2N)nc1Nc1cncc(-c2ccco2)c1. The summed E-state index contributed by atoms with van der Waals surface area (Å²) in [5.74, 6) is -0.647. The number of amides is 1. The second-order valence-corrected chi connectivity index (χ2v) is 7.34. The van der Waals surface area contributed by atoms with E-state index in [2.05, 4.69) is 20.6 Å². The van der Waals surface area contributed by atoms with Gasteiger partial charge in [-0.2, -0.15) is 0 Å². The zero-order valence-electron chi connectivity index (χ0n) is 16.3. The number of hydrogen-bond donors (Lipinski definition) is 4. The number of rotatable bonds is 6. The number of primary amides is 1. The highest BCUT2D eigenvalue weighted by molar-refractivity contribution is 5.98. The van der Waals surface area contributed by atoms with E-state index >= 15 is 0 Å². The van der Waals surface area contributed by atoms with Gasteiger partial charge in [-0.25, -0.2) is 9.37 Å². The second-order valence-electron chi connectivity index (χ2n) is 7.34. The molecule has 0 spiro atoms. The zero-order chi connectivity index (χ0) is 21.1. The van der Waals surface area contributed by atoms with Crippen LogP contribution in [0.5, 0.6) is 0 Å². The standard InChI is InChI=1S/C21H23FN6O2/c22-15-9-14(19(24)29)20(28-21(15)27-17-5-2-1-4-16(17)23)26-13-8-12(10-25-11-13)18-6-3-7-30-18/h3,6-11,16-17H,1-2,4-5,23H2,(H2,24,29)(H2,26,27,28)/t16-,17+/m0/s1. The molecule has 9 heteroatoms. The lowest BCUT2D eigenvalue weighted by molar-refractivity contribution is 0.100. The number of pyridine rings is 2. The Morgan fingerprint density at radius 1 is 1.20 bits per heavy atom. The number of halogens is 1. The van der Waals surface area contributed by atoms with Crippen molar-refractivity contribution in [3.63, 3.8) is 0 Å². The largest absolute Gasteiger partial charge is 0.464 e. The molecule has 4 rings (SSSR count). The summed E-state index contributed by atoms with van der Waals surface area (Å²) >= 11 is 0. The monoisotopic (exact) mass is 410 g/mol. The molecule has 0 radical (unpaired) electrons. The van der Waals surface area contributed by atoms with Crippen LogP contribution in [0.25, 0.3) is 11.3 Å². The Labute approximate surface area is 172 Å². The van der Waals surface area contributed by atoms with Crippen LogP contribution in [0.1, 0.15) is 36.0 Å². The Kier molecular flexibility index (Phi) is 5.62. The average molecular weight is 410 g/mol. The van der Waals surface area contributed by atoms with E-state index in [1.165, 1.54) is 0 Å². The third kappa shape index (κ3) is 4.25. The van der Waals surface area contributed by atoms with Gasteiger partial charge in [0.05, 0.1) is 23.7 Å². The van der Waals surface area contributed by atoms with Crippen LogP contribution in [0.15, 0.2) is 47.3 Å². The predicted molar refractivity (Wildman–Crippen MR) is 112 cm³/mol. The number of carbonyl (C=O) groups excluding carboxylic acids is 1. The van der Waals surface area contributed by atoms with Crippen molar-refractivity contribution in [1.29, 1.82) is 0 Å². The van der Waals surface area contributed by atoms with Gasteiger partial charge in [0.2, 0.25) is 0 Å². The van der Waals surface area contributed by atoms with Crippen molar-refractivity contribution in [1.82, 2.24) is 9.97 Å². The number of nitrogens with two attached hydrogens (primary N) is 2. The first-order valence-corrected chi connectivity index (χ1v) is 9.79. The van der Waals surface area contributed by atoms with Gasteiger partial charge in [-0.05, 0) is 37.1 Å². The molecule has 8 nitrogen and oxygen atoms in total. The molecule has 1 aliphatic rings. The maximum absolute atomic E-state index is 14.6. The van der Waals surface area contributed by atoms with Crippen molar-refractivity contribution < 1.29 is 13.6 Å². The second kappa shape index (κ2) is 8.50. The average Bonchev–Trinajstić information content (AvgIpc) is 3.27. The van der Waals surface area contributed by atoms with Crippen molar-refractivity contribution in [2.45, 2.75) is 37.8 Å². The molecule has 1 saturated carbocycles. The van der Waals surface area contributed by atoms with Crippen LogP contribution in [-0.2, 0) is 0 Å². The molecular weight excluding hydrogens is 387 g/mol. The van der Waals surface area contributed by atoms with Crippen molar-refractivity contribution in [2.75, 3.05) is 10.6 Å². The Hall–Kier alpha value is -3.46. The molecule has 2 atom stereocenters. The molecule has 1 fully saturated rings. The highest BCUT2D eigenvalue weighted by Gasteiger charge is 2.24. The van der Waals surface area contributed by atoms with E-state index in [4.69, 9.17) is 15.9 Å². The Bertz CT molecular complexity index is 1040. The van der Waals surface area contributed by atoms with Gasteiger partial charge in [-0.1, -0.05) is 12.8 Å². The number of carbonyl (C=O) groups is 1. The summed E-state index contributed by atoms with van der Waals surface area (Å²) in [6.07, 6.45) is 8.55. The van der Waals surface area contributed by atoms with Crippen LogP contribution < -0.4 is 22.1 Å². The number of anilines is 3. The summed E-state index contributed by atoms with van der Waals surface area (Å²) < 4.78 is 20.0. The minimum absolute atomic E-state index is 0.0278. The number of furan rings is 1. The molecule has 1 amide bonds. The van der Waals surface area contributed by atoms with Crippen LogP contribution in [0.2, 0.25) is 0 Å². The fourth-order valence-corrected chi connectivity index (χ4v) is 3.61. The van der Waals surface area contributed by atoms with Crippen LogP contribution in [0, 0.1) is 5.82 Å². The lowest BCUT2D eigenvalue weighted by Gasteiger charge is -2.30. The highest BCUT2D eigenvalue weighted by Crippen LogP contribution is 2.28. The van der Waals surface area contributed by atoms with E-state index in [9.17, 15) is 9.18 Å². The topological polar surface area (TPSA) is 132 Å². The van der Waals surface area contributed by atoms with Gasteiger partial charge >= 0.3 is 0 Å². The smallest absolute Gasteiger partial charge is 0.252 e. The van der Waals surface area contributed by atoms with Crippen molar-refractivity contribution in [3.8, 4) is 11.3 Å². The molecule has 30 heavy (non-hydrogen) atoms. The Balaban J connectivity index is 1.64. The molecule has 6 N–H and O–H groups in total. The molecule has 156 valence electrons. The molecule has 1 aliphatic carbocycles. The minimum Gasteiger partial charge on any atom is -0.464 e. The van der Waals surface area contributed by atoms with Gasteiger partial charge in [-0.3, -0.25) is 9.78 Å². The maximum atomic E-state index is 14.6. The van der Waals surface area contributed by atoms with Crippen molar-refractivity contribution in [3.05, 3.63) is 54.3 Å². The van der Waals surface area contributed by atoms with Gasteiger partial charge in [0, 0.05) is 23.8 Å². The van der Waals surface area contributed by atoms with E-state index in [0.717, 1.165) is 37.3 Å². The summed E-state index contributed by atoms with van der Waals surface area (Å²) in [5, 5.41) is 6.11. The summed E-state index contributed by atoms with van der Waals surface area (Å²) in [7, 11) is 0. The summed E-state index contributed by atoms with van der Waals surface area (Å²) in [4.78, 5) is 20.4. The van der Waals surface area contributed by atoms with Gasteiger partial charge in [0.1, 0.15) is 11.6 Å². The maximum Gasteiger partial charge on any atom is 0.252 e. The van der Waals surface area contributed by atoms with E-state index in [1.807, 2.05) is 0 Å². The fraction of sp³-hybridized carbons (Fsp3) is 0.286. The summed E-state index contributed by atoms with van der Waals surface area (Å²) in [6.45, 7) is 0. The summed E-state index contributed by atoms with van der Waals surface area (Å²) in [5.41, 5.74) is 12.8. The first kappa shape index (κ1) is 19.8. The third-order valence-corrected chi connectivity index (χ3v) is 5.19. The highest BCUT2D eigenvalue weighted by atomic mass is 19.1. The van der Waals surface area contributed by atoms with E-state index in [0.29, 0.717) is 11.4 Å². The van der Waals surface area contributed by atoms with E-state index in [-0.39, 0.29) is 29.3 Å². The van der Waals surface area contributed by atoms with Crippen molar-refractivity contribution >= 4 is 23.2 Å². The fourth-order valence-electron chi connectivity index (χ4n) is 3.61. The molecule has 0 saturated heterocycles. The first-order chi connectivity index (χ1) is 14.5. The van der Waals surface area contributed by atoms with Gasteiger partial charge in [0.25, 0.3) is 5.91 Å². The molecular formula is C21H23FN6O2. The number of hydrogen-bond acceptors (Lipinski definition) is 7. The Morgan fingerprint density at radius 3 is 2.77 bits per heavy atom. The van der Waals surface area contributed by atoms with Gasteiger partial charge in [-0.15, -0.1) is 0 Å². The van der Waals surface area contributed by atoms with Gasteiger partial charge < -0.3 is 26.5 Å². The molecule has 0 bridgehead atoms. The van der Waals surface area contributed by atoms with E-state index < -0.39 is 11.7 Å². The molecule has 3 aromatic rings. The molecule has 0 aromatic carbocycles. The predicted octanol–water partition coefficient (Wildman–Crippen LogP) is 3.40. The third-order valence-electron chi connectivity index (χ3n) is 5.19. The minimum atomic E-state index is -0.792. The van der Waals surface area contributed by atoms with Crippen LogP contribution >= 0.6 is 0 Å². The van der Waals surface area contributed by atoms with Crippen LogP contribution in [0.3, 0.4) is 0 Å². The number of aromatic nitrogens is 2. The lowest BCUT2D eigenvalue weighted by atomic mass is 9.91.